The van der Waals surface area contributed by atoms with E-state index in [1.807, 2.05) is 27.7 Å². The van der Waals surface area contributed by atoms with Gasteiger partial charge in [-0.2, -0.15) is 5.10 Å². The van der Waals surface area contributed by atoms with E-state index >= 15 is 0 Å². The number of aliphatic hydroxyl groups is 5. The maximum Gasteiger partial charge on any atom is 0.340 e. The molecule has 8 aromatic heterocycles. The molecule has 2 aliphatic carbocycles. The molecule has 0 bridgehead atoms. The molecular weight excluding hydrogens is 2160 g/mol. The van der Waals surface area contributed by atoms with Crippen LogP contribution < -0.4 is 10.6 Å². The molecule has 688 valence electrons. The normalized spacial score (nSPS) is 25.6. The van der Waals surface area contributed by atoms with Gasteiger partial charge in [0.15, 0.2) is 52.9 Å². The Morgan fingerprint density at radius 1 is 0.581 bits per heavy atom. The number of hydrogen-bond donors (Lipinski definition) is 11. The number of anilines is 2. The predicted molar refractivity (Wildman–Crippen MR) is 474 cm³/mol. The molecule has 6 fully saturated rings. The van der Waals surface area contributed by atoms with Gasteiger partial charge in [-0.15, -0.1) is 0 Å². The molecule has 2 saturated carbocycles. The van der Waals surface area contributed by atoms with E-state index in [-0.39, 0.29) is 89.2 Å². The van der Waals surface area contributed by atoms with Crippen molar-refractivity contribution in [2.24, 2.45) is 11.8 Å². The molecule has 4 saturated heterocycles. The van der Waals surface area contributed by atoms with Crippen LogP contribution in [0.1, 0.15) is 131 Å². The first kappa shape index (κ1) is 108. The largest absolute Gasteiger partial charge is 0.457 e. The number of fused-ring (bicyclic) bond motifs is 4. The number of nitrogens with zero attached hydrogens (tertiary/aromatic N) is 11. The number of carbonyl (C=O) groups is 3. The molecule has 4 aliphatic heterocycles. The van der Waals surface area contributed by atoms with Crippen LogP contribution in [0.2, 0.25) is 57.1 Å². The van der Waals surface area contributed by atoms with Gasteiger partial charge >= 0.3 is 33.1 Å². The van der Waals surface area contributed by atoms with Gasteiger partial charge in [-0.3, -0.25) is 37.2 Å². The van der Waals surface area contributed by atoms with Gasteiger partial charge in [0.2, 0.25) is 6.29 Å². The molecule has 124 heavy (non-hydrogen) atoms. The number of H-pyrrole nitrogens is 1. The fraction of sp³-hybridized carbons (Fsp3) is 0.614. The summed E-state index contributed by atoms with van der Waals surface area (Å²) in [5.74, 6) is -8.57. The maximum absolute atomic E-state index is 11.9. The van der Waals surface area contributed by atoms with Crippen molar-refractivity contribution >= 4 is 231 Å². The molecule has 0 amide bonds. The van der Waals surface area contributed by atoms with E-state index in [4.69, 9.17) is 163 Å². The number of halogens is 10. The number of pyridine rings is 4. The summed E-state index contributed by atoms with van der Waals surface area (Å²) in [5, 5.41) is 63.9. The minimum atomic E-state index is -4.80. The zero-order chi connectivity index (χ0) is 92.6. The van der Waals surface area contributed by atoms with Crippen molar-refractivity contribution in [3.63, 3.8) is 0 Å². The van der Waals surface area contributed by atoms with Crippen LogP contribution >= 0.6 is 141 Å². The van der Waals surface area contributed by atoms with Crippen molar-refractivity contribution < 1.29 is 142 Å². The third kappa shape index (κ3) is 31.9. The zero-order valence-corrected chi connectivity index (χ0v) is 85.0. The third-order valence-corrected chi connectivity index (χ3v) is 30.4. The van der Waals surface area contributed by atoms with Crippen LogP contribution in [-0.2, 0) is 70.3 Å². The van der Waals surface area contributed by atoms with Crippen molar-refractivity contribution in [1.29, 1.82) is 1.34 Å². The second-order valence-corrected chi connectivity index (χ2v) is 54.1. The van der Waals surface area contributed by atoms with Gasteiger partial charge in [-0.1, -0.05) is 149 Å². The van der Waals surface area contributed by atoms with E-state index < -0.39 is 139 Å². The summed E-state index contributed by atoms with van der Waals surface area (Å²) < 4.78 is 96.9. The van der Waals surface area contributed by atoms with E-state index in [1.54, 1.807) is 41.6 Å². The molecule has 8 aromatic rings. The summed E-state index contributed by atoms with van der Waals surface area (Å²) in [5.41, 5.74) is 4.32. The van der Waals surface area contributed by atoms with Crippen LogP contribution in [0.15, 0.2) is 49.4 Å². The van der Waals surface area contributed by atoms with Gasteiger partial charge in [0, 0.05) is 117 Å². The van der Waals surface area contributed by atoms with Crippen LogP contribution in [0.4, 0.5) is 11.6 Å². The van der Waals surface area contributed by atoms with Gasteiger partial charge < -0.3 is 98.1 Å². The van der Waals surface area contributed by atoms with Gasteiger partial charge in [-0.25, -0.2) is 39.6 Å². The van der Waals surface area contributed by atoms with E-state index in [1.165, 1.54) is 55.3 Å². The number of imidazole rings is 3. The SMILES string of the molecule is CC[C@H]1OC(OC(C)=O)[C@H](OC(C)=O)[C@@H]1C.CC[C@H]1O[C@@H](n2cnc3c(Cl)nc(Cl)cc32)[C@H](OC(C)=O)[C@@H]1C.C[Si](C)(C)C.Clc1cc2[nH]cnc2c(Cl)n1.O=P(Cl)(Cl)CP(=O)(Cl)Cl.O=P(O)(O)CP(=O)(O)OC[C@H]1O[C@@H](n2cnc3c(NC4CCCC4)nc(Cl)cc32)[C@H](O)[C@@H]1O.OC[C@H]1O[C@@H](n2ncc3c(NC4CCCC4)nc(Cl)cc32)[C@H](O)[C@@H]1O.[2H][B].[U]. The Balaban J connectivity index is 0.000000238. The Labute approximate surface area is 791 Å². The molecule has 0 aromatic carbocycles. The number of esters is 3. The van der Waals surface area contributed by atoms with Crippen molar-refractivity contribution in [3.05, 3.63) is 80.4 Å². The summed E-state index contributed by atoms with van der Waals surface area (Å²) in [6.45, 7) is 20.2. The molecule has 54 heteroatoms. The minimum absolute atomic E-state index is 0. The van der Waals surface area contributed by atoms with Gasteiger partial charge in [0.05, 0.1) is 78.1 Å². The standard InChI is InChI=1S/C17H25ClN4O9P2.C16H21ClN4O4.C15H17Cl2N3O3.C11H18O5.C6H3Cl2N3.C4H12Si.CH2Cl4O2P2.BH.U/c18-12-5-10-13(16(21-12)20-9-3-1-2-4-9)19-7-22(10)17-15(24)14(23)11(31-17)6-30-33(28,29)8-32(25,26)27;17-12-5-10-9(15(20-12)19-8-3-1-2-4-8)6-18-21(10)16-14(24)13(23)11(7-22)25-16;1-4-10-7(2)13(22-8(3)21)15(23-10)20-6-18-12-9(20)5-11(16)19-14(12)17;1-5-9-6(2)10(14-7(3)12)11(16-9)15-8(4)13;7-4-1-3-5(6(8)11-4)10-2-9-3;1-5(2,3)4;2-8(3,6)1-9(4,5)7;;/h5,7,9,11,14-15,17,23-24H,1-4,6,8H2,(H,20,21)(H,28,29)(H2,25,26,27);5-6,8,11,13-14,16,22-24H,1-4,7H2,(H,19,20);5-7,10,13,15H,4H2,1-3H3;6,9-11H,5H2,1-4H3;1-2H,(H,9,10);1-4H3;1H2;1H;/t11-,14-,15-,17-;11-,13-,14-,16-;7-,10-,13-,15-;6-,9-,10-,11?;;;;;/m1111...../s1/i;;;;;;;1D;. The quantitative estimate of drug-likeness (QED) is 0.0111. The average molecular weight is 2260 g/mol. The van der Waals surface area contributed by atoms with Crippen LogP contribution in [0.3, 0.4) is 0 Å². The molecule has 2 radical (unpaired) electrons. The number of ether oxygens (including phenoxy) is 7. The van der Waals surface area contributed by atoms with Crippen LogP contribution in [0.5, 0.6) is 0 Å². The van der Waals surface area contributed by atoms with E-state index in [2.05, 4.69) is 90.2 Å². The first-order valence-corrected chi connectivity index (χ1v) is 55.5. The number of hydrogen-bond acceptors (Lipinski definition) is 30. The molecule has 37 nitrogen and oxygen atoms in total. The van der Waals surface area contributed by atoms with Crippen molar-refractivity contribution in [2.45, 2.75) is 237 Å². The Kier molecular flexibility index (Phi) is 42.0. The second-order valence-electron chi connectivity index (χ2n) is 30.9. The van der Waals surface area contributed by atoms with Crippen molar-refractivity contribution in [1.82, 2.24) is 58.8 Å². The molecule has 11 N–H and O–H groups in total. The number of aliphatic hydroxyl groups excluding tert-OH is 5. The molecule has 0 spiro atoms. The Hall–Kier alpha value is -2.88. The van der Waals surface area contributed by atoms with Crippen LogP contribution in [-0.4, -0.2) is 239 Å². The number of aromatic nitrogens is 12. The van der Waals surface area contributed by atoms with Crippen molar-refractivity contribution in [2.75, 3.05) is 35.7 Å². The topological polar surface area (TPSA) is 513 Å². The Morgan fingerprint density at radius 2 is 1.02 bits per heavy atom. The second kappa shape index (κ2) is 48.2. The van der Waals surface area contributed by atoms with E-state index in [0.29, 0.717) is 66.2 Å². The molecular formula is C70H99BCl10N14O23P4SiU. The number of nitrogens with one attached hydrogen (secondary N) is 3. The van der Waals surface area contributed by atoms with E-state index in [9.17, 15) is 63.1 Å². The van der Waals surface area contributed by atoms with Crippen LogP contribution in [0.25, 0.3) is 44.0 Å². The molecule has 17 atom stereocenters. The third-order valence-electron chi connectivity index (χ3n) is 19.2. The Morgan fingerprint density at radius 3 is 1.52 bits per heavy atom. The zero-order valence-electron chi connectivity index (χ0n) is 69.7. The Bertz CT molecular complexity index is 5080. The fourth-order valence-corrected chi connectivity index (χ4v) is 26.7. The summed E-state index contributed by atoms with van der Waals surface area (Å²) in [6.07, 6.45) is 4.99. The summed E-state index contributed by atoms with van der Waals surface area (Å²) >= 11 is 55.8. The first-order chi connectivity index (χ1) is 57.9. The minimum Gasteiger partial charge on any atom is -0.457 e. The smallest absolute Gasteiger partial charge is 0.340 e. The summed E-state index contributed by atoms with van der Waals surface area (Å²) in [7, 11) is -6.31. The number of rotatable bonds is 20. The summed E-state index contributed by atoms with van der Waals surface area (Å²) in [4.78, 5) is 92.7. The first-order valence-electron chi connectivity index (χ1n) is 38.8. The fourth-order valence-electron chi connectivity index (χ4n) is 13.8. The van der Waals surface area contributed by atoms with Crippen molar-refractivity contribution in [3.8, 4) is 0 Å². The van der Waals surface area contributed by atoms with Crippen LogP contribution in [0, 0.1) is 42.9 Å². The van der Waals surface area contributed by atoms with Gasteiger partial charge in [0.25, 0.3) is 11.7 Å². The number of carbonyl (C=O) groups excluding carboxylic acids is 3. The maximum atomic E-state index is 11.9. The van der Waals surface area contributed by atoms with Gasteiger partial charge in [0.1, 0.15) is 85.5 Å². The van der Waals surface area contributed by atoms with E-state index in [0.717, 1.165) is 62.3 Å². The summed E-state index contributed by atoms with van der Waals surface area (Å²) in [6, 6.07) is 7.16. The van der Waals surface area contributed by atoms with Gasteiger partial charge in [-0.05, 0) is 84.8 Å². The molecule has 2 unspecified atom stereocenters. The molecule has 14 rings (SSSR count). The average Bonchev–Trinajstić information content (AvgIpc) is 1.65. The molecule has 12 heterocycles. The number of aromatic amines is 1. The monoisotopic (exact) mass is 2260 g/mol. The molecule has 6 aliphatic rings. The predicted octanol–water partition coefficient (Wildman–Crippen LogP) is 15.2.